The van der Waals surface area contributed by atoms with E-state index in [4.69, 9.17) is 17.3 Å². The largest absolute Gasteiger partial charge is 0.399 e. The topological polar surface area (TPSA) is 43.1 Å². The lowest BCUT2D eigenvalue weighted by atomic mass is 10.3. The molecule has 0 spiro atoms. The summed E-state index contributed by atoms with van der Waals surface area (Å²) in [5.74, 6) is 0.494. The van der Waals surface area contributed by atoms with Crippen molar-refractivity contribution in [2.75, 3.05) is 5.73 Å². The van der Waals surface area contributed by atoms with Crippen LogP contribution in [0.2, 0.25) is 5.02 Å². The molecule has 1 aromatic carbocycles. The summed E-state index contributed by atoms with van der Waals surface area (Å²) in [7, 11) is -1.15. The van der Waals surface area contributed by atoms with Crippen molar-refractivity contribution in [3.05, 3.63) is 45.1 Å². The molecule has 0 aliphatic heterocycles. The Morgan fingerprint density at radius 3 is 2.67 bits per heavy atom. The maximum atomic E-state index is 12.3. The van der Waals surface area contributed by atoms with E-state index >= 15 is 0 Å². The highest BCUT2D eigenvalue weighted by Gasteiger charge is 2.11. The van der Waals surface area contributed by atoms with Crippen LogP contribution in [-0.4, -0.2) is 4.21 Å². The van der Waals surface area contributed by atoms with Crippen LogP contribution >= 0.6 is 22.9 Å². The molecule has 0 saturated carbocycles. The Morgan fingerprint density at radius 1 is 1.28 bits per heavy atom. The van der Waals surface area contributed by atoms with E-state index in [1.807, 2.05) is 6.07 Å². The summed E-state index contributed by atoms with van der Waals surface area (Å²) < 4.78 is 12.3. The second-order valence-electron chi connectivity index (χ2n) is 3.90. The third-order valence-corrected chi connectivity index (χ3v) is 5.80. The van der Waals surface area contributed by atoms with Crippen molar-refractivity contribution < 1.29 is 4.21 Å². The molecular weight excluding hydrogens is 286 g/mol. The van der Waals surface area contributed by atoms with Gasteiger partial charge in [-0.1, -0.05) is 18.5 Å². The molecule has 2 N–H and O–H groups in total. The summed E-state index contributed by atoms with van der Waals surface area (Å²) in [6, 6.07) is 9.20. The van der Waals surface area contributed by atoms with E-state index in [0.29, 0.717) is 21.4 Å². The van der Waals surface area contributed by atoms with Gasteiger partial charge in [-0.2, -0.15) is 0 Å². The Morgan fingerprint density at radius 2 is 2.00 bits per heavy atom. The van der Waals surface area contributed by atoms with Gasteiger partial charge in [0.25, 0.3) is 0 Å². The number of aryl methyl sites for hydroxylation is 1. The van der Waals surface area contributed by atoms with Crippen molar-refractivity contribution >= 4 is 39.4 Å². The van der Waals surface area contributed by atoms with Crippen LogP contribution in [0, 0.1) is 0 Å². The number of rotatable bonds is 4. The summed E-state index contributed by atoms with van der Waals surface area (Å²) >= 11 is 7.74. The molecule has 0 aliphatic rings. The van der Waals surface area contributed by atoms with Crippen LogP contribution in [0.3, 0.4) is 0 Å². The van der Waals surface area contributed by atoms with Gasteiger partial charge >= 0.3 is 0 Å². The minimum absolute atomic E-state index is 0.494. The third-order valence-electron chi connectivity index (χ3n) is 2.54. The van der Waals surface area contributed by atoms with Crippen molar-refractivity contribution in [2.24, 2.45) is 0 Å². The average Bonchev–Trinajstić information content (AvgIpc) is 2.80. The number of benzene rings is 1. The Labute approximate surface area is 118 Å². The van der Waals surface area contributed by atoms with Crippen molar-refractivity contribution in [3.8, 4) is 0 Å². The molecule has 5 heteroatoms. The number of nitrogen functional groups attached to an aromatic ring is 1. The fraction of sp³-hybridized carbons (Fsp3) is 0.231. The monoisotopic (exact) mass is 299 g/mol. The van der Waals surface area contributed by atoms with E-state index < -0.39 is 10.8 Å². The Kier molecular flexibility index (Phi) is 4.43. The van der Waals surface area contributed by atoms with Gasteiger partial charge in [-0.05, 0) is 36.8 Å². The first-order valence-electron chi connectivity index (χ1n) is 5.61. The first-order valence-corrected chi connectivity index (χ1v) is 8.12. The minimum Gasteiger partial charge on any atom is -0.399 e. The first kappa shape index (κ1) is 13.6. The number of halogens is 1. The van der Waals surface area contributed by atoms with Crippen molar-refractivity contribution in [1.29, 1.82) is 0 Å². The van der Waals surface area contributed by atoms with Gasteiger partial charge in [0.15, 0.2) is 0 Å². The zero-order valence-corrected chi connectivity index (χ0v) is 12.4. The Hall–Kier alpha value is -0.840. The van der Waals surface area contributed by atoms with Crippen LogP contribution in [-0.2, 0) is 23.0 Å². The fourth-order valence-corrected chi connectivity index (χ4v) is 4.34. The molecule has 0 amide bonds. The predicted octanol–water partition coefficient (Wildman–Crippen LogP) is 3.85. The normalized spacial score (nSPS) is 12.6. The zero-order valence-electron chi connectivity index (χ0n) is 9.98. The molecule has 0 radical (unpaired) electrons. The SMILES string of the molecule is CCc1ccc(CS(=O)c2cc(N)ccc2Cl)s1. The predicted molar refractivity (Wildman–Crippen MR) is 79.7 cm³/mol. The van der Waals surface area contributed by atoms with E-state index in [1.165, 1.54) is 4.88 Å². The maximum absolute atomic E-state index is 12.3. The molecule has 0 aliphatic carbocycles. The van der Waals surface area contributed by atoms with E-state index in [2.05, 4.69) is 13.0 Å². The summed E-state index contributed by atoms with van der Waals surface area (Å²) in [6.07, 6.45) is 1.01. The molecular formula is C13H14ClNOS2. The molecule has 1 aromatic heterocycles. The van der Waals surface area contributed by atoms with Gasteiger partial charge in [0.2, 0.25) is 0 Å². The molecule has 0 saturated heterocycles. The van der Waals surface area contributed by atoms with Crippen LogP contribution in [0.4, 0.5) is 5.69 Å². The number of hydrogen-bond donors (Lipinski definition) is 1. The minimum atomic E-state index is -1.15. The molecule has 2 aromatic rings. The highest BCUT2D eigenvalue weighted by atomic mass is 35.5. The van der Waals surface area contributed by atoms with Gasteiger partial charge in [-0.15, -0.1) is 11.3 Å². The Balaban J connectivity index is 2.19. The average molecular weight is 300 g/mol. The summed E-state index contributed by atoms with van der Waals surface area (Å²) in [4.78, 5) is 3.03. The smallest absolute Gasteiger partial charge is 0.0627 e. The maximum Gasteiger partial charge on any atom is 0.0627 e. The summed E-state index contributed by atoms with van der Waals surface area (Å²) in [6.45, 7) is 2.11. The third kappa shape index (κ3) is 3.13. The molecule has 0 bridgehead atoms. The second-order valence-corrected chi connectivity index (χ2v) is 6.98. The van der Waals surface area contributed by atoms with Gasteiger partial charge in [-0.3, -0.25) is 4.21 Å². The van der Waals surface area contributed by atoms with Crippen LogP contribution in [0.15, 0.2) is 35.2 Å². The van der Waals surface area contributed by atoms with Gasteiger partial charge < -0.3 is 5.73 Å². The molecule has 0 fully saturated rings. The molecule has 96 valence electrons. The lowest BCUT2D eigenvalue weighted by Crippen LogP contribution is -1.97. The number of anilines is 1. The van der Waals surface area contributed by atoms with Crippen molar-refractivity contribution in [3.63, 3.8) is 0 Å². The molecule has 2 rings (SSSR count). The van der Waals surface area contributed by atoms with E-state index in [9.17, 15) is 4.21 Å². The summed E-state index contributed by atoms with van der Waals surface area (Å²) in [5.41, 5.74) is 6.28. The van der Waals surface area contributed by atoms with Gasteiger partial charge in [0.1, 0.15) is 0 Å². The summed E-state index contributed by atoms with van der Waals surface area (Å²) in [5, 5.41) is 0.509. The second kappa shape index (κ2) is 5.87. The van der Waals surface area contributed by atoms with Crippen LogP contribution in [0.1, 0.15) is 16.7 Å². The van der Waals surface area contributed by atoms with E-state index in [1.54, 1.807) is 29.5 Å². The number of hydrogen-bond acceptors (Lipinski definition) is 3. The van der Waals surface area contributed by atoms with Crippen LogP contribution in [0.5, 0.6) is 0 Å². The lowest BCUT2D eigenvalue weighted by Gasteiger charge is -2.04. The fourth-order valence-electron chi connectivity index (χ4n) is 1.59. The highest BCUT2D eigenvalue weighted by molar-refractivity contribution is 7.84. The molecule has 1 heterocycles. The molecule has 1 atom stereocenters. The zero-order chi connectivity index (χ0) is 13.1. The molecule has 2 nitrogen and oxygen atoms in total. The lowest BCUT2D eigenvalue weighted by molar-refractivity contribution is 0.683. The number of nitrogens with two attached hydrogens (primary N) is 1. The first-order chi connectivity index (χ1) is 8.60. The van der Waals surface area contributed by atoms with Crippen LogP contribution < -0.4 is 5.73 Å². The van der Waals surface area contributed by atoms with Gasteiger partial charge in [-0.25, -0.2) is 0 Å². The van der Waals surface area contributed by atoms with E-state index in [-0.39, 0.29) is 0 Å². The van der Waals surface area contributed by atoms with Crippen molar-refractivity contribution in [2.45, 2.75) is 24.0 Å². The van der Waals surface area contributed by atoms with E-state index in [0.717, 1.165) is 11.3 Å². The number of thiophene rings is 1. The Bertz CT molecular complexity index is 580. The molecule has 18 heavy (non-hydrogen) atoms. The standard InChI is InChI=1S/C13H14ClNOS2/c1-2-10-4-5-11(17-10)8-18(16)13-7-9(15)3-6-12(13)14/h3-7H,2,8,15H2,1H3. The van der Waals surface area contributed by atoms with Crippen LogP contribution in [0.25, 0.3) is 0 Å². The van der Waals surface area contributed by atoms with Gasteiger partial charge in [0, 0.05) is 15.4 Å². The highest BCUT2D eigenvalue weighted by Crippen LogP contribution is 2.26. The quantitative estimate of drug-likeness (QED) is 0.871. The van der Waals surface area contributed by atoms with Gasteiger partial charge in [0.05, 0.1) is 26.5 Å². The molecule has 1 unspecified atom stereocenters. The van der Waals surface area contributed by atoms with Crippen molar-refractivity contribution in [1.82, 2.24) is 0 Å².